The third-order valence-electron chi connectivity index (χ3n) is 3.88. The van der Waals surface area contributed by atoms with Crippen molar-refractivity contribution >= 4 is 0 Å². The van der Waals surface area contributed by atoms with Crippen molar-refractivity contribution in [1.29, 1.82) is 0 Å². The third-order valence-corrected chi connectivity index (χ3v) is 3.88. The maximum atomic E-state index is 5.75. The van der Waals surface area contributed by atoms with Gasteiger partial charge < -0.3 is 9.64 Å². The maximum absolute atomic E-state index is 5.75. The second-order valence-corrected chi connectivity index (χ2v) is 4.85. The number of hydrogen-bond donors (Lipinski definition) is 1. The molecule has 0 aliphatic heterocycles. The van der Waals surface area contributed by atoms with E-state index in [2.05, 4.69) is 19.8 Å². The van der Waals surface area contributed by atoms with Crippen LogP contribution in [0.5, 0.6) is 0 Å². The minimum atomic E-state index is -0.576. The lowest BCUT2D eigenvalue weighted by Gasteiger charge is -2.28. The summed E-state index contributed by atoms with van der Waals surface area (Å²) in [5, 5.41) is 0. The quantitative estimate of drug-likeness (QED) is 0.705. The topological polar surface area (TPSA) is 13.7 Å². The Kier molecular flexibility index (Phi) is 6.62. The van der Waals surface area contributed by atoms with Crippen LogP contribution < -0.4 is 4.90 Å². The fourth-order valence-corrected chi connectivity index (χ4v) is 2.48. The summed E-state index contributed by atoms with van der Waals surface area (Å²) >= 11 is 0. The summed E-state index contributed by atoms with van der Waals surface area (Å²) in [5.41, 5.74) is 0.503. The Hall–Kier alpha value is -1.30. The Labute approximate surface area is 117 Å². The molecule has 0 aliphatic rings. The van der Waals surface area contributed by atoms with Gasteiger partial charge in [0.15, 0.2) is 5.60 Å². The molecule has 0 bridgehead atoms. The molecular weight excluding hydrogens is 234 g/mol. The highest BCUT2D eigenvalue weighted by Gasteiger charge is 2.29. The first-order valence-electron chi connectivity index (χ1n) is 7.14. The van der Waals surface area contributed by atoms with E-state index in [1.165, 1.54) is 0 Å². The number of terminal acetylenes is 1. The van der Waals surface area contributed by atoms with E-state index in [0.717, 1.165) is 38.0 Å². The molecule has 0 saturated heterocycles. The monoisotopic (exact) mass is 260 g/mol. The lowest BCUT2D eigenvalue weighted by Crippen LogP contribution is -3.11. The number of rotatable bonds is 8. The summed E-state index contributed by atoms with van der Waals surface area (Å²) < 4.78 is 5.68. The Bertz CT molecular complexity index is 391. The van der Waals surface area contributed by atoms with Crippen molar-refractivity contribution in [2.45, 2.75) is 32.3 Å². The zero-order valence-corrected chi connectivity index (χ0v) is 12.4. The van der Waals surface area contributed by atoms with Crippen LogP contribution in [-0.4, -0.2) is 26.7 Å². The van der Waals surface area contributed by atoms with Gasteiger partial charge in [-0.15, -0.1) is 6.42 Å². The molecule has 1 aromatic rings. The first-order chi connectivity index (χ1) is 9.22. The second kappa shape index (κ2) is 7.99. The molecule has 2 nitrogen and oxygen atoms in total. The highest BCUT2D eigenvalue weighted by molar-refractivity contribution is 5.30. The van der Waals surface area contributed by atoms with Gasteiger partial charge in [-0.2, -0.15) is 0 Å². The second-order valence-electron chi connectivity index (χ2n) is 4.85. The van der Waals surface area contributed by atoms with Crippen molar-refractivity contribution in [3.8, 4) is 12.3 Å². The van der Waals surface area contributed by atoms with Crippen LogP contribution in [-0.2, 0) is 10.3 Å². The van der Waals surface area contributed by atoms with Crippen LogP contribution in [0, 0.1) is 12.3 Å². The zero-order valence-electron chi connectivity index (χ0n) is 12.4. The van der Waals surface area contributed by atoms with E-state index in [0.29, 0.717) is 0 Å². The standard InChI is InChI=1S/C17H25NO/c1-5-17(19-4,16-12-9-8-10-13-16)14-11-15-18(6-2)7-3/h1,8-10,12-13H,6-7,11,14-15H2,2-4H3/p+1/t17-/m0/s1. The van der Waals surface area contributed by atoms with E-state index >= 15 is 0 Å². The Morgan fingerprint density at radius 2 is 1.84 bits per heavy atom. The van der Waals surface area contributed by atoms with Gasteiger partial charge in [-0.3, -0.25) is 0 Å². The van der Waals surface area contributed by atoms with Gasteiger partial charge in [-0.25, -0.2) is 0 Å². The average molecular weight is 260 g/mol. The molecule has 0 saturated carbocycles. The Morgan fingerprint density at radius 1 is 1.21 bits per heavy atom. The molecule has 19 heavy (non-hydrogen) atoms. The fourth-order valence-electron chi connectivity index (χ4n) is 2.48. The normalized spacial score (nSPS) is 14.1. The molecule has 1 aromatic carbocycles. The first-order valence-corrected chi connectivity index (χ1v) is 7.14. The van der Waals surface area contributed by atoms with E-state index in [4.69, 9.17) is 11.2 Å². The molecule has 0 fully saturated rings. The molecule has 0 amide bonds. The smallest absolute Gasteiger partial charge is 0.153 e. The van der Waals surface area contributed by atoms with Gasteiger partial charge in [-0.05, 0) is 25.8 Å². The van der Waals surface area contributed by atoms with Crippen molar-refractivity contribution in [3.63, 3.8) is 0 Å². The van der Waals surface area contributed by atoms with Crippen LogP contribution in [0.3, 0.4) is 0 Å². The van der Waals surface area contributed by atoms with Gasteiger partial charge in [-0.1, -0.05) is 36.3 Å². The molecule has 0 heterocycles. The highest BCUT2D eigenvalue weighted by Crippen LogP contribution is 2.29. The predicted octanol–water partition coefficient (Wildman–Crippen LogP) is 1.87. The van der Waals surface area contributed by atoms with Crippen LogP contribution in [0.2, 0.25) is 0 Å². The SMILES string of the molecule is C#C[C@@](CCC[NH+](CC)CC)(OC)c1ccccc1. The largest absolute Gasteiger partial charge is 0.361 e. The molecule has 0 aromatic heterocycles. The highest BCUT2D eigenvalue weighted by atomic mass is 16.5. The zero-order chi connectivity index (χ0) is 14.1. The van der Waals surface area contributed by atoms with Crippen molar-refractivity contribution in [2.24, 2.45) is 0 Å². The lowest BCUT2D eigenvalue weighted by molar-refractivity contribution is -0.896. The molecule has 0 unspecified atom stereocenters. The van der Waals surface area contributed by atoms with Crippen LogP contribution in [0.15, 0.2) is 30.3 Å². The van der Waals surface area contributed by atoms with Crippen molar-refractivity contribution in [1.82, 2.24) is 0 Å². The van der Waals surface area contributed by atoms with Gasteiger partial charge >= 0.3 is 0 Å². The lowest BCUT2D eigenvalue weighted by atomic mass is 9.89. The van der Waals surface area contributed by atoms with E-state index in [9.17, 15) is 0 Å². The summed E-state index contributed by atoms with van der Waals surface area (Å²) in [5.74, 6) is 2.86. The number of hydrogen-bond acceptors (Lipinski definition) is 1. The number of quaternary nitrogens is 1. The molecule has 1 atom stereocenters. The number of methoxy groups -OCH3 is 1. The van der Waals surface area contributed by atoms with Crippen LogP contribution >= 0.6 is 0 Å². The van der Waals surface area contributed by atoms with Crippen molar-refractivity contribution in [2.75, 3.05) is 26.7 Å². The number of ether oxygens (including phenoxy) is 1. The van der Waals surface area contributed by atoms with Crippen molar-refractivity contribution in [3.05, 3.63) is 35.9 Å². The van der Waals surface area contributed by atoms with Gasteiger partial charge in [0.05, 0.1) is 19.6 Å². The molecule has 0 radical (unpaired) electrons. The molecule has 0 aliphatic carbocycles. The fraction of sp³-hybridized carbons (Fsp3) is 0.529. The number of nitrogens with one attached hydrogen (secondary N) is 1. The van der Waals surface area contributed by atoms with Gasteiger partial charge in [0.2, 0.25) is 0 Å². The summed E-state index contributed by atoms with van der Waals surface area (Å²) in [7, 11) is 1.71. The Balaban J connectivity index is 2.71. The van der Waals surface area contributed by atoms with E-state index in [1.54, 1.807) is 12.0 Å². The van der Waals surface area contributed by atoms with E-state index < -0.39 is 5.60 Å². The Morgan fingerprint density at radius 3 is 2.32 bits per heavy atom. The summed E-state index contributed by atoms with van der Waals surface area (Å²) in [6.07, 6.45) is 7.69. The minimum absolute atomic E-state index is 0.576. The van der Waals surface area contributed by atoms with Crippen LogP contribution in [0.1, 0.15) is 32.3 Å². The van der Waals surface area contributed by atoms with Gasteiger partial charge in [0.1, 0.15) is 0 Å². The first kappa shape index (κ1) is 15.8. The summed E-state index contributed by atoms with van der Waals surface area (Å²) in [6, 6.07) is 10.1. The van der Waals surface area contributed by atoms with E-state index in [1.807, 2.05) is 30.3 Å². The van der Waals surface area contributed by atoms with Gasteiger partial charge in [0.25, 0.3) is 0 Å². The van der Waals surface area contributed by atoms with Gasteiger partial charge in [0, 0.05) is 13.5 Å². The molecule has 2 heteroatoms. The average Bonchev–Trinajstić information content (AvgIpc) is 2.49. The predicted molar refractivity (Wildman–Crippen MR) is 80.1 cm³/mol. The summed E-state index contributed by atoms with van der Waals surface area (Å²) in [4.78, 5) is 1.61. The molecule has 0 spiro atoms. The number of benzene rings is 1. The molecule has 1 rings (SSSR count). The molecule has 1 N–H and O–H groups in total. The van der Waals surface area contributed by atoms with Crippen LogP contribution in [0.25, 0.3) is 0 Å². The van der Waals surface area contributed by atoms with Crippen molar-refractivity contribution < 1.29 is 9.64 Å². The summed E-state index contributed by atoms with van der Waals surface area (Å²) in [6.45, 7) is 7.92. The van der Waals surface area contributed by atoms with E-state index in [-0.39, 0.29) is 0 Å². The maximum Gasteiger partial charge on any atom is 0.153 e. The molecule has 104 valence electrons. The van der Waals surface area contributed by atoms with Crippen LogP contribution in [0.4, 0.5) is 0 Å². The third kappa shape index (κ3) is 4.09. The minimum Gasteiger partial charge on any atom is -0.361 e. The molecular formula is C17H26NO+.